The Morgan fingerprint density at radius 2 is 2.05 bits per heavy atom. The molecule has 2 aromatic rings. The predicted molar refractivity (Wildman–Crippen MR) is 77.2 cm³/mol. The Kier molecular flexibility index (Phi) is 4.40. The minimum absolute atomic E-state index is 0.0248. The van der Waals surface area contributed by atoms with Crippen molar-refractivity contribution >= 4 is 17.4 Å². The number of carbonyl (C=O) groups excluding carboxylic acids is 1. The van der Waals surface area contributed by atoms with E-state index in [-0.39, 0.29) is 17.2 Å². The largest absolute Gasteiger partial charge is 0.496 e. The van der Waals surface area contributed by atoms with Crippen LogP contribution in [0.3, 0.4) is 0 Å². The van der Waals surface area contributed by atoms with Gasteiger partial charge in [-0.05, 0) is 30.2 Å². The summed E-state index contributed by atoms with van der Waals surface area (Å²) in [5.74, 6) is -0.0755. The predicted octanol–water partition coefficient (Wildman–Crippen LogP) is 4.22. The van der Waals surface area contributed by atoms with Crippen LogP contribution in [0, 0.1) is 12.7 Å². The van der Waals surface area contributed by atoms with Gasteiger partial charge in [0, 0.05) is 12.0 Å². The molecule has 2 aromatic carbocycles. The summed E-state index contributed by atoms with van der Waals surface area (Å²) < 4.78 is 19.0. The summed E-state index contributed by atoms with van der Waals surface area (Å²) >= 11 is 5.71. The molecule has 0 spiro atoms. The summed E-state index contributed by atoms with van der Waals surface area (Å²) in [4.78, 5) is 12.2. The average Bonchev–Trinajstić information content (AvgIpc) is 2.44. The number of rotatable bonds is 4. The van der Waals surface area contributed by atoms with Crippen LogP contribution in [0.2, 0.25) is 5.02 Å². The van der Waals surface area contributed by atoms with Gasteiger partial charge in [-0.2, -0.15) is 0 Å². The van der Waals surface area contributed by atoms with Crippen LogP contribution in [0.25, 0.3) is 0 Å². The quantitative estimate of drug-likeness (QED) is 0.789. The molecule has 104 valence electrons. The molecule has 0 aliphatic heterocycles. The van der Waals surface area contributed by atoms with E-state index in [1.807, 2.05) is 6.92 Å². The fraction of sp³-hybridized carbons (Fsp3) is 0.188. The van der Waals surface area contributed by atoms with Crippen molar-refractivity contribution in [2.75, 3.05) is 7.11 Å². The van der Waals surface area contributed by atoms with Gasteiger partial charge in [-0.3, -0.25) is 4.79 Å². The fourth-order valence-electron chi connectivity index (χ4n) is 1.95. The highest BCUT2D eigenvalue weighted by Crippen LogP contribution is 2.22. The maximum atomic E-state index is 13.8. The number of halogens is 2. The van der Waals surface area contributed by atoms with Crippen LogP contribution in [-0.2, 0) is 6.42 Å². The molecule has 0 fully saturated rings. The Hall–Kier alpha value is -1.87. The molecule has 0 atom stereocenters. The Morgan fingerprint density at radius 1 is 1.30 bits per heavy atom. The Balaban J connectivity index is 2.26. The van der Waals surface area contributed by atoms with Crippen LogP contribution in [-0.4, -0.2) is 12.9 Å². The standard InChI is InChI=1S/C16H14ClFO2/c1-10-6-7-11(9-15(10)20-2)14(19)8-12-4-3-5-13(17)16(12)18/h3-7,9H,8H2,1-2H3. The van der Waals surface area contributed by atoms with Crippen LogP contribution < -0.4 is 4.74 Å². The molecule has 0 saturated carbocycles. The van der Waals surface area contributed by atoms with Crippen molar-refractivity contribution in [1.29, 1.82) is 0 Å². The van der Waals surface area contributed by atoms with Gasteiger partial charge in [0.2, 0.25) is 0 Å². The van der Waals surface area contributed by atoms with Crippen molar-refractivity contribution in [1.82, 2.24) is 0 Å². The topological polar surface area (TPSA) is 26.3 Å². The second-order valence-corrected chi connectivity index (χ2v) is 4.90. The van der Waals surface area contributed by atoms with E-state index in [9.17, 15) is 9.18 Å². The number of carbonyl (C=O) groups is 1. The molecule has 2 nitrogen and oxygen atoms in total. The monoisotopic (exact) mass is 292 g/mol. The first-order valence-electron chi connectivity index (χ1n) is 6.13. The maximum absolute atomic E-state index is 13.8. The molecule has 0 N–H and O–H groups in total. The number of methoxy groups -OCH3 is 1. The van der Waals surface area contributed by atoms with Gasteiger partial charge in [0.25, 0.3) is 0 Å². The second kappa shape index (κ2) is 6.06. The van der Waals surface area contributed by atoms with Crippen molar-refractivity contribution in [2.24, 2.45) is 0 Å². The third-order valence-corrected chi connectivity index (χ3v) is 3.40. The summed E-state index contributed by atoms with van der Waals surface area (Å²) in [5.41, 5.74) is 1.73. The van der Waals surface area contributed by atoms with E-state index in [1.165, 1.54) is 6.07 Å². The molecule has 0 radical (unpaired) electrons. The molecule has 4 heteroatoms. The molecule has 0 bridgehead atoms. The van der Waals surface area contributed by atoms with Crippen LogP contribution in [0.5, 0.6) is 5.75 Å². The number of benzene rings is 2. The number of hydrogen-bond donors (Lipinski definition) is 0. The first kappa shape index (κ1) is 14.5. The Bertz CT molecular complexity index is 653. The SMILES string of the molecule is COc1cc(C(=O)Cc2cccc(Cl)c2F)ccc1C. The van der Waals surface area contributed by atoms with E-state index < -0.39 is 5.82 Å². The smallest absolute Gasteiger partial charge is 0.167 e. The van der Waals surface area contributed by atoms with Gasteiger partial charge in [0.1, 0.15) is 11.6 Å². The minimum Gasteiger partial charge on any atom is -0.496 e. The van der Waals surface area contributed by atoms with Gasteiger partial charge in [-0.15, -0.1) is 0 Å². The molecule has 2 rings (SSSR count). The highest BCUT2D eigenvalue weighted by atomic mass is 35.5. The lowest BCUT2D eigenvalue weighted by molar-refractivity contribution is 0.0991. The summed E-state index contributed by atoms with van der Waals surface area (Å²) in [7, 11) is 1.55. The second-order valence-electron chi connectivity index (χ2n) is 4.50. The lowest BCUT2D eigenvalue weighted by Gasteiger charge is -2.08. The summed E-state index contributed by atoms with van der Waals surface area (Å²) in [5, 5.41) is 0.0248. The lowest BCUT2D eigenvalue weighted by Crippen LogP contribution is -2.06. The van der Waals surface area contributed by atoms with Crippen LogP contribution >= 0.6 is 11.6 Å². The first-order chi connectivity index (χ1) is 9.52. The zero-order valence-electron chi connectivity index (χ0n) is 11.2. The van der Waals surface area contributed by atoms with E-state index >= 15 is 0 Å². The van der Waals surface area contributed by atoms with E-state index in [1.54, 1.807) is 37.4 Å². The normalized spacial score (nSPS) is 10.4. The van der Waals surface area contributed by atoms with Crippen molar-refractivity contribution in [3.05, 3.63) is 63.9 Å². The fourth-order valence-corrected chi connectivity index (χ4v) is 2.15. The number of Topliss-reactive ketones (excluding diaryl/α,β-unsaturated/α-hetero) is 1. The highest BCUT2D eigenvalue weighted by Gasteiger charge is 2.13. The summed E-state index contributed by atoms with van der Waals surface area (Å²) in [6.07, 6.45) is -0.0292. The van der Waals surface area contributed by atoms with Gasteiger partial charge < -0.3 is 4.74 Å². The number of ether oxygens (including phenoxy) is 1. The molecular formula is C16H14ClFO2. The van der Waals surface area contributed by atoms with Crippen molar-refractivity contribution in [2.45, 2.75) is 13.3 Å². The van der Waals surface area contributed by atoms with Gasteiger partial charge in [-0.25, -0.2) is 4.39 Å². The van der Waals surface area contributed by atoms with Gasteiger partial charge in [0.05, 0.1) is 12.1 Å². The van der Waals surface area contributed by atoms with Crippen LogP contribution in [0.4, 0.5) is 4.39 Å². The number of ketones is 1. The zero-order valence-corrected chi connectivity index (χ0v) is 12.0. The van der Waals surface area contributed by atoms with Crippen LogP contribution in [0.15, 0.2) is 36.4 Å². The van der Waals surface area contributed by atoms with E-state index in [2.05, 4.69) is 0 Å². The molecule has 0 saturated heterocycles. The highest BCUT2D eigenvalue weighted by molar-refractivity contribution is 6.30. The molecule has 0 aliphatic carbocycles. The minimum atomic E-state index is -0.540. The number of hydrogen-bond acceptors (Lipinski definition) is 2. The van der Waals surface area contributed by atoms with Gasteiger partial charge in [-0.1, -0.05) is 35.9 Å². The molecule has 0 aromatic heterocycles. The molecule has 0 aliphatic rings. The molecule has 20 heavy (non-hydrogen) atoms. The van der Waals surface area contributed by atoms with Crippen LogP contribution in [0.1, 0.15) is 21.5 Å². The lowest BCUT2D eigenvalue weighted by atomic mass is 10.0. The van der Waals surface area contributed by atoms with Gasteiger partial charge >= 0.3 is 0 Å². The average molecular weight is 293 g/mol. The molecular weight excluding hydrogens is 279 g/mol. The first-order valence-corrected chi connectivity index (χ1v) is 6.51. The Morgan fingerprint density at radius 3 is 2.75 bits per heavy atom. The van der Waals surface area contributed by atoms with E-state index in [4.69, 9.17) is 16.3 Å². The third kappa shape index (κ3) is 2.99. The Labute approximate surface area is 122 Å². The molecule has 0 heterocycles. The molecule has 0 unspecified atom stereocenters. The van der Waals surface area contributed by atoms with Gasteiger partial charge in [0.15, 0.2) is 5.78 Å². The molecule has 0 amide bonds. The maximum Gasteiger partial charge on any atom is 0.167 e. The van der Waals surface area contributed by atoms with Crippen molar-refractivity contribution in [3.8, 4) is 5.75 Å². The number of aryl methyl sites for hydroxylation is 1. The van der Waals surface area contributed by atoms with E-state index in [0.29, 0.717) is 16.9 Å². The summed E-state index contributed by atoms with van der Waals surface area (Å²) in [6, 6.07) is 9.83. The zero-order chi connectivity index (χ0) is 14.7. The summed E-state index contributed by atoms with van der Waals surface area (Å²) in [6.45, 7) is 1.89. The van der Waals surface area contributed by atoms with E-state index in [0.717, 1.165) is 5.56 Å². The van der Waals surface area contributed by atoms with Crippen molar-refractivity contribution in [3.63, 3.8) is 0 Å². The third-order valence-electron chi connectivity index (χ3n) is 3.11. The van der Waals surface area contributed by atoms with Crippen molar-refractivity contribution < 1.29 is 13.9 Å².